The van der Waals surface area contributed by atoms with Crippen molar-refractivity contribution in [1.29, 1.82) is 0 Å². The Labute approximate surface area is 112 Å². The molecule has 1 aromatic heterocycles. The number of rotatable bonds is 3. The third kappa shape index (κ3) is 3.49. The summed E-state index contributed by atoms with van der Waals surface area (Å²) in [6, 6.07) is 3.24. The third-order valence-electron chi connectivity index (χ3n) is 3.41. The molecule has 4 N–H and O–H groups in total. The summed E-state index contributed by atoms with van der Waals surface area (Å²) in [5, 5.41) is 0. The number of likely N-dealkylation sites (tertiary alicyclic amines) is 1. The minimum absolute atomic E-state index is 0.149. The van der Waals surface area contributed by atoms with Crippen LogP contribution in [-0.2, 0) is 6.54 Å². The van der Waals surface area contributed by atoms with Gasteiger partial charge in [-0.05, 0) is 30.9 Å². The molecule has 0 aliphatic carbocycles. The van der Waals surface area contributed by atoms with Gasteiger partial charge in [-0.3, -0.25) is 4.79 Å². The zero-order valence-corrected chi connectivity index (χ0v) is 11.1. The van der Waals surface area contributed by atoms with Crippen LogP contribution in [0.3, 0.4) is 0 Å². The lowest BCUT2D eigenvalue weighted by atomic mass is 10.00. The van der Waals surface area contributed by atoms with Gasteiger partial charge in [0, 0.05) is 13.1 Å². The van der Waals surface area contributed by atoms with E-state index >= 15 is 0 Å². The van der Waals surface area contributed by atoms with Crippen LogP contribution in [0, 0.1) is 5.92 Å². The zero-order valence-electron chi connectivity index (χ0n) is 11.1. The Kier molecular flexibility index (Phi) is 4.09. The van der Waals surface area contributed by atoms with Gasteiger partial charge in [-0.15, -0.1) is 0 Å². The number of furan rings is 1. The van der Waals surface area contributed by atoms with Crippen molar-refractivity contribution in [1.82, 2.24) is 4.90 Å². The second kappa shape index (κ2) is 5.77. The number of piperidine rings is 1. The Morgan fingerprint density at radius 2 is 2.11 bits per heavy atom. The number of carbonyl (C=O) groups excluding carboxylic acids is 1. The number of aliphatic imine (C=N–C) groups is 1. The molecule has 0 unspecified atom stereocenters. The lowest BCUT2D eigenvalue weighted by Crippen LogP contribution is -2.42. The summed E-state index contributed by atoms with van der Waals surface area (Å²) in [5.41, 5.74) is 11.1. The Bertz CT molecular complexity index is 473. The minimum Gasteiger partial charge on any atom is -0.454 e. The van der Waals surface area contributed by atoms with E-state index in [1.54, 1.807) is 12.1 Å². The average Bonchev–Trinajstić information content (AvgIpc) is 2.86. The van der Waals surface area contributed by atoms with Crippen LogP contribution in [0.25, 0.3) is 0 Å². The first kappa shape index (κ1) is 13.5. The summed E-state index contributed by atoms with van der Waals surface area (Å²) in [7, 11) is 0. The Morgan fingerprint density at radius 3 is 2.68 bits per heavy atom. The van der Waals surface area contributed by atoms with E-state index in [1.165, 1.54) is 0 Å². The first-order valence-electron chi connectivity index (χ1n) is 6.49. The van der Waals surface area contributed by atoms with Crippen LogP contribution in [0.5, 0.6) is 0 Å². The van der Waals surface area contributed by atoms with Crippen LogP contribution in [0.2, 0.25) is 0 Å². The van der Waals surface area contributed by atoms with Gasteiger partial charge in [-0.25, -0.2) is 4.99 Å². The van der Waals surface area contributed by atoms with E-state index in [4.69, 9.17) is 15.9 Å². The number of carbonyl (C=O) groups is 1. The van der Waals surface area contributed by atoms with Gasteiger partial charge < -0.3 is 20.8 Å². The number of primary amides is 1. The fraction of sp³-hybridized carbons (Fsp3) is 0.538. The van der Waals surface area contributed by atoms with Crippen LogP contribution >= 0.6 is 0 Å². The highest BCUT2D eigenvalue weighted by Gasteiger charge is 2.17. The molecule has 0 aromatic carbocycles. The summed E-state index contributed by atoms with van der Waals surface area (Å²) in [4.78, 5) is 17.3. The highest BCUT2D eigenvalue weighted by atomic mass is 16.3. The molecule has 0 atom stereocenters. The van der Waals surface area contributed by atoms with Crippen molar-refractivity contribution in [2.75, 3.05) is 13.1 Å². The van der Waals surface area contributed by atoms with Crippen molar-refractivity contribution in [2.45, 2.75) is 26.3 Å². The summed E-state index contributed by atoms with van der Waals surface area (Å²) in [6.45, 7) is 4.46. The first-order chi connectivity index (χ1) is 9.06. The van der Waals surface area contributed by atoms with Crippen molar-refractivity contribution in [3.63, 3.8) is 0 Å². The maximum atomic E-state index is 10.9. The van der Waals surface area contributed by atoms with E-state index in [0.717, 1.165) is 31.8 Å². The highest BCUT2D eigenvalue weighted by molar-refractivity contribution is 5.89. The molecule has 1 aromatic rings. The van der Waals surface area contributed by atoms with Gasteiger partial charge in [0.2, 0.25) is 0 Å². The SMILES string of the molecule is CC1CCN(C(N)=NCc2ccc(C(N)=O)o2)CC1. The largest absolute Gasteiger partial charge is 0.454 e. The predicted octanol–water partition coefficient (Wildman–Crippen LogP) is 0.925. The van der Waals surface area contributed by atoms with Crippen LogP contribution in [0.1, 0.15) is 36.1 Å². The minimum atomic E-state index is -0.576. The van der Waals surface area contributed by atoms with Gasteiger partial charge >= 0.3 is 0 Å². The van der Waals surface area contributed by atoms with E-state index in [2.05, 4.69) is 16.8 Å². The molecular weight excluding hydrogens is 244 g/mol. The predicted molar refractivity (Wildman–Crippen MR) is 72.5 cm³/mol. The molecule has 1 aliphatic heterocycles. The normalized spacial score (nSPS) is 17.7. The monoisotopic (exact) mass is 264 g/mol. The molecule has 0 saturated carbocycles. The molecular formula is C13H20N4O2. The van der Waals surface area contributed by atoms with E-state index in [9.17, 15) is 4.79 Å². The van der Waals surface area contributed by atoms with Gasteiger partial charge in [-0.1, -0.05) is 6.92 Å². The molecule has 6 nitrogen and oxygen atoms in total. The lowest BCUT2D eigenvalue weighted by molar-refractivity contribution is 0.0972. The second-order valence-electron chi connectivity index (χ2n) is 4.97. The molecule has 6 heteroatoms. The van der Waals surface area contributed by atoms with Gasteiger partial charge in [0.15, 0.2) is 11.7 Å². The molecule has 2 heterocycles. The molecule has 0 radical (unpaired) electrons. The Hall–Kier alpha value is -1.98. The van der Waals surface area contributed by atoms with Crippen molar-refractivity contribution < 1.29 is 9.21 Å². The van der Waals surface area contributed by atoms with Crippen LogP contribution in [-0.4, -0.2) is 29.9 Å². The highest BCUT2D eigenvalue weighted by Crippen LogP contribution is 2.16. The zero-order chi connectivity index (χ0) is 13.8. The Balaban J connectivity index is 1.91. The maximum Gasteiger partial charge on any atom is 0.284 e. The van der Waals surface area contributed by atoms with E-state index in [1.807, 2.05) is 0 Å². The summed E-state index contributed by atoms with van der Waals surface area (Å²) >= 11 is 0. The summed E-state index contributed by atoms with van der Waals surface area (Å²) < 4.78 is 5.24. The molecule has 0 bridgehead atoms. The van der Waals surface area contributed by atoms with Crippen LogP contribution in [0.15, 0.2) is 21.5 Å². The van der Waals surface area contributed by atoms with Gasteiger partial charge in [0.25, 0.3) is 5.91 Å². The number of guanidine groups is 1. The molecule has 1 saturated heterocycles. The number of nitrogens with two attached hydrogens (primary N) is 2. The third-order valence-corrected chi connectivity index (χ3v) is 3.41. The topological polar surface area (TPSA) is 97.9 Å². The number of hydrogen-bond donors (Lipinski definition) is 2. The summed E-state index contributed by atoms with van der Waals surface area (Å²) in [5.74, 6) is 1.45. The van der Waals surface area contributed by atoms with Crippen LogP contribution < -0.4 is 11.5 Å². The maximum absolute atomic E-state index is 10.9. The summed E-state index contributed by atoms with van der Waals surface area (Å²) in [6.07, 6.45) is 2.28. The quantitative estimate of drug-likeness (QED) is 0.626. The number of hydrogen-bond acceptors (Lipinski definition) is 3. The smallest absolute Gasteiger partial charge is 0.284 e. The molecule has 1 fully saturated rings. The van der Waals surface area contributed by atoms with Gasteiger partial charge in [-0.2, -0.15) is 0 Å². The first-order valence-corrected chi connectivity index (χ1v) is 6.49. The standard InChI is InChI=1S/C13H20N4O2/c1-9-4-6-17(7-5-9)13(15)16-8-10-2-3-11(19-10)12(14)18/h2-3,9H,4-8H2,1H3,(H2,14,18)(H2,15,16). The van der Waals surface area contributed by atoms with E-state index < -0.39 is 5.91 Å². The van der Waals surface area contributed by atoms with E-state index in [0.29, 0.717) is 18.3 Å². The molecule has 1 amide bonds. The van der Waals surface area contributed by atoms with Crippen molar-refractivity contribution in [2.24, 2.45) is 22.4 Å². The lowest BCUT2D eigenvalue weighted by Gasteiger charge is -2.30. The molecule has 0 spiro atoms. The van der Waals surface area contributed by atoms with Crippen LogP contribution in [0.4, 0.5) is 0 Å². The average molecular weight is 264 g/mol. The fourth-order valence-electron chi connectivity index (χ4n) is 2.09. The Morgan fingerprint density at radius 1 is 1.42 bits per heavy atom. The number of nitrogens with zero attached hydrogens (tertiary/aromatic N) is 2. The molecule has 19 heavy (non-hydrogen) atoms. The van der Waals surface area contributed by atoms with Gasteiger partial charge in [0.05, 0.1) is 0 Å². The molecule has 1 aliphatic rings. The second-order valence-corrected chi connectivity index (χ2v) is 4.97. The van der Waals surface area contributed by atoms with Gasteiger partial charge in [0.1, 0.15) is 12.3 Å². The molecule has 104 valence electrons. The molecule has 2 rings (SSSR count). The van der Waals surface area contributed by atoms with Crippen molar-refractivity contribution in [3.05, 3.63) is 23.7 Å². The van der Waals surface area contributed by atoms with Crippen molar-refractivity contribution >= 4 is 11.9 Å². The fourth-order valence-corrected chi connectivity index (χ4v) is 2.09. The van der Waals surface area contributed by atoms with E-state index in [-0.39, 0.29) is 5.76 Å². The van der Waals surface area contributed by atoms with Crippen molar-refractivity contribution in [3.8, 4) is 0 Å². The number of amides is 1.